The van der Waals surface area contributed by atoms with Crippen LogP contribution >= 0.6 is 35.0 Å². The molecule has 0 spiro atoms. The van der Waals surface area contributed by atoms with Crippen molar-refractivity contribution in [1.29, 1.82) is 0 Å². The summed E-state index contributed by atoms with van der Waals surface area (Å²) in [5, 5.41) is 4.07. The van der Waals surface area contributed by atoms with Gasteiger partial charge in [0.15, 0.2) is 11.5 Å². The van der Waals surface area contributed by atoms with E-state index < -0.39 is 0 Å². The van der Waals surface area contributed by atoms with Crippen molar-refractivity contribution in [1.82, 2.24) is 5.32 Å². The van der Waals surface area contributed by atoms with E-state index in [4.69, 9.17) is 32.7 Å². The molecule has 2 aromatic carbocycles. The van der Waals surface area contributed by atoms with Gasteiger partial charge in [0.25, 0.3) is 0 Å². The van der Waals surface area contributed by atoms with Gasteiger partial charge < -0.3 is 14.8 Å². The molecule has 1 N–H and O–H groups in total. The molecule has 1 amide bonds. The molecule has 2 aromatic rings. The summed E-state index contributed by atoms with van der Waals surface area (Å²) in [4.78, 5) is 13.2. The summed E-state index contributed by atoms with van der Waals surface area (Å²) in [5.74, 6) is 1.71. The highest BCUT2D eigenvalue weighted by atomic mass is 35.5. The Hall–Kier alpha value is -1.56. The number of nitrogens with one attached hydrogen (secondary N) is 1. The summed E-state index contributed by atoms with van der Waals surface area (Å²) in [7, 11) is 0. The van der Waals surface area contributed by atoms with Crippen LogP contribution in [0, 0.1) is 0 Å². The smallest absolute Gasteiger partial charge is 0.230 e. The third-order valence-electron chi connectivity index (χ3n) is 3.90. The van der Waals surface area contributed by atoms with E-state index in [9.17, 15) is 4.79 Å². The molecule has 0 radical (unpaired) electrons. The molecular weight excluding hydrogens is 393 g/mol. The maximum atomic E-state index is 12.3. The quantitative estimate of drug-likeness (QED) is 0.693. The summed E-state index contributed by atoms with van der Waals surface area (Å²) >= 11 is 13.6. The molecule has 0 unspecified atom stereocenters. The lowest BCUT2D eigenvalue weighted by Crippen LogP contribution is -2.28. The highest BCUT2D eigenvalue weighted by Crippen LogP contribution is 2.34. The molecule has 0 bridgehead atoms. The lowest BCUT2D eigenvalue weighted by molar-refractivity contribution is -0.119. The van der Waals surface area contributed by atoms with Gasteiger partial charge in [0.2, 0.25) is 5.91 Å². The molecule has 0 saturated heterocycles. The first-order valence-electron chi connectivity index (χ1n) is 8.29. The fourth-order valence-corrected chi connectivity index (χ4v) is 3.90. The Morgan fingerprint density at radius 1 is 1.15 bits per heavy atom. The van der Waals surface area contributed by atoms with Crippen molar-refractivity contribution in [2.24, 2.45) is 0 Å². The zero-order valence-electron chi connectivity index (χ0n) is 14.3. The normalized spacial score (nSPS) is 14.4. The molecule has 7 heteroatoms. The zero-order valence-corrected chi connectivity index (χ0v) is 16.6. The van der Waals surface area contributed by atoms with Gasteiger partial charge in [-0.2, -0.15) is 0 Å². The highest BCUT2D eigenvalue weighted by molar-refractivity contribution is 8.00. The first-order chi connectivity index (χ1) is 12.5. The second-order valence-electron chi connectivity index (χ2n) is 5.90. The van der Waals surface area contributed by atoms with Crippen molar-refractivity contribution in [2.75, 3.05) is 19.0 Å². The van der Waals surface area contributed by atoms with Crippen molar-refractivity contribution in [3.05, 3.63) is 52.0 Å². The molecule has 1 aliphatic heterocycles. The zero-order chi connectivity index (χ0) is 18.5. The van der Waals surface area contributed by atoms with Crippen molar-refractivity contribution in [3.63, 3.8) is 0 Å². The molecule has 26 heavy (non-hydrogen) atoms. The van der Waals surface area contributed by atoms with Crippen LogP contribution in [0.3, 0.4) is 0 Å². The molecule has 138 valence electrons. The van der Waals surface area contributed by atoms with E-state index in [-0.39, 0.29) is 11.9 Å². The van der Waals surface area contributed by atoms with E-state index in [1.165, 1.54) is 11.8 Å². The number of fused-ring (bicyclic) bond motifs is 1. The standard InChI is InChI=1S/C19H19Cl2NO3S/c1-12(15-5-3-13(20)9-16(15)21)22-19(23)11-26-14-4-6-17-18(10-14)25-8-2-7-24-17/h3-6,9-10,12H,2,7-8,11H2,1H3,(H,22,23)/t12-/m0/s1. The minimum Gasteiger partial charge on any atom is -0.490 e. The van der Waals surface area contributed by atoms with Gasteiger partial charge in [0, 0.05) is 21.4 Å². The first-order valence-corrected chi connectivity index (χ1v) is 10.0. The van der Waals surface area contributed by atoms with E-state index in [0.717, 1.165) is 28.4 Å². The number of hydrogen-bond acceptors (Lipinski definition) is 4. The Labute approximate surface area is 167 Å². The monoisotopic (exact) mass is 411 g/mol. The van der Waals surface area contributed by atoms with Gasteiger partial charge in [-0.3, -0.25) is 4.79 Å². The number of carbonyl (C=O) groups excluding carboxylic acids is 1. The van der Waals surface area contributed by atoms with Crippen LogP contribution in [0.4, 0.5) is 0 Å². The van der Waals surface area contributed by atoms with E-state index in [1.54, 1.807) is 12.1 Å². The van der Waals surface area contributed by atoms with E-state index in [0.29, 0.717) is 29.0 Å². The largest absolute Gasteiger partial charge is 0.490 e. The second kappa shape index (κ2) is 8.89. The summed E-state index contributed by atoms with van der Waals surface area (Å²) < 4.78 is 11.3. The van der Waals surface area contributed by atoms with Crippen LogP contribution in [-0.4, -0.2) is 24.9 Å². The van der Waals surface area contributed by atoms with E-state index >= 15 is 0 Å². The van der Waals surface area contributed by atoms with Gasteiger partial charge >= 0.3 is 0 Å². The van der Waals surface area contributed by atoms with Crippen LogP contribution in [0.25, 0.3) is 0 Å². The first kappa shape index (κ1) is 19.2. The average molecular weight is 412 g/mol. The molecule has 0 fully saturated rings. The van der Waals surface area contributed by atoms with Crippen molar-refractivity contribution in [3.8, 4) is 11.5 Å². The maximum absolute atomic E-state index is 12.3. The molecule has 0 aromatic heterocycles. The van der Waals surface area contributed by atoms with Gasteiger partial charge in [0.1, 0.15) is 0 Å². The van der Waals surface area contributed by atoms with Gasteiger partial charge in [-0.1, -0.05) is 29.3 Å². The van der Waals surface area contributed by atoms with Gasteiger partial charge in [-0.25, -0.2) is 0 Å². The number of rotatable bonds is 5. The summed E-state index contributed by atoms with van der Waals surface area (Å²) in [5.41, 5.74) is 0.838. The van der Waals surface area contributed by atoms with Gasteiger partial charge in [0.05, 0.1) is 25.0 Å². The lowest BCUT2D eigenvalue weighted by atomic mass is 10.1. The van der Waals surface area contributed by atoms with Crippen molar-refractivity contribution < 1.29 is 14.3 Å². The minimum atomic E-state index is -0.198. The number of ether oxygens (including phenoxy) is 2. The Kier molecular flexibility index (Phi) is 6.57. The topological polar surface area (TPSA) is 47.6 Å². The predicted molar refractivity (Wildman–Crippen MR) is 106 cm³/mol. The fourth-order valence-electron chi connectivity index (χ4n) is 2.60. The number of carbonyl (C=O) groups is 1. The van der Waals surface area contributed by atoms with E-state index in [1.807, 2.05) is 31.2 Å². The van der Waals surface area contributed by atoms with Crippen LogP contribution in [0.2, 0.25) is 10.0 Å². The third kappa shape index (κ3) is 5.00. The lowest BCUT2D eigenvalue weighted by Gasteiger charge is -2.16. The van der Waals surface area contributed by atoms with Crippen LogP contribution in [0.5, 0.6) is 11.5 Å². The molecule has 0 saturated carbocycles. The van der Waals surface area contributed by atoms with Crippen molar-refractivity contribution in [2.45, 2.75) is 24.3 Å². The molecular formula is C19H19Cl2NO3S. The van der Waals surface area contributed by atoms with Crippen LogP contribution in [0.15, 0.2) is 41.3 Å². The van der Waals surface area contributed by atoms with E-state index in [2.05, 4.69) is 5.32 Å². The molecule has 0 aliphatic carbocycles. The minimum absolute atomic E-state index is 0.0689. The molecule has 4 nitrogen and oxygen atoms in total. The van der Waals surface area contributed by atoms with Crippen LogP contribution < -0.4 is 14.8 Å². The molecule has 1 atom stereocenters. The third-order valence-corrected chi connectivity index (χ3v) is 5.45. The van der Waals surface area contributed by atoms with Crippen molar-refractivity contribution >= 4 is 40.9 Å². The summed E-state index contributed by atoms with van der Waals surface area (Å²) in [6, 6.07) is 10.8. The number of halogens is 2. The fraction of sp³-hybridized carbons (Fsp3) is 0.316. The maximum Gasteiger partial charge on any atom is 0.230 e. The number of thioether (sulfide) groups is 1. The van der Waals surface area contributed by atoms with Crippen LogP contribution in [0.1, 0.15) is 24.9 Å². The number of amides is 1. The SMILES string of the molecule is C[C@H](NC(=O)CSc1ccc2c(c1)OCCCO2)c1ccc(Cl)cc1Cl. The average Bonchev–Trinajstić information content (AvgIpc) is 2.84. The van der Waals surface area contributed by atoms with Gasteiger partial charge in [-0.15, -0.1) is 11.8 Å². The van der Waals surface area contributed by atoms with Crippen LogP contribution in [-0.2, 0) is 4.79 Å². The molecule has 1 heterocycles. The highest BCUT2D eigenvalue weighted by Gasteiger charge is 2.15. The summed E-state index contributed by atoms with van der Waals surface area (Å²) in [6.07, 6.45) is 0.866. The Balaban J connectivity index is 1.56. The Bertz CT molecular complexity index is 800. The molecule has 3 rings (SSSR count). The number of benzene rings is 2. The predicted octanol–water partition coefficient (Wildman–Crippen LogP) is 5.12. The number of hydrogen-bond donors (Lipinski definition) is 1. The Morgan fingerprint density at radius 3 is 2.69 bits per heavy atom. The van der Waals surface area contributed by atoms with Gasteiger partial charge in [-0.05, 0) is 42.8 Å². The molecule has 1 aliphatic rings. The summed E-state index contributed by atoms with van der Waals surface area (Å²) in [6.45, 7) is 3.19. The Morgan fingerprint density at radius 2 is 1.92 bits per heavy atom. The second-order valence-corrected chi connectivity index (χ2v) is 7.80.